The first-order chi connectivity index (χ1) is 10.1. The van der Waals surface area contributed by atoms with E-state index in [-0.39, 0.29) is 0 Å². The third kappa shape index (κ3) is 1.64. The van der Waals surface area contributed by atoms with Crippen molar-refractivity contribution in [2.75, 3.05) is 0 Å². The Kier molecular flexibility index (Phi) is 2.33. The molecule has 0 spiro atoms. The molecule has 21 heavy (non-hydrogen) atoms. The summed E-state index contributed by atoms with van der Waals surface area (Å²) < 4.78 is 4.91. The molecule has 4 aromatic carbocycles. The lowest BCUT2D eigenvalue weighted by Gasteiger charge is -2.14. The van der Waals surface area contributed by atoms with Crippen molar-refractivity contribution in [2.45, 2.75) is 6.92 Å². The molecule has 0 heterocycles. The van der Waals surface area contributed by atoms with Crippen LogP contribution in [0.15, 0.2) is 48.5 Å². The summed E-state index contributed by atoms with van der Waals surface area (Å²) in [6, 6.07) is 16.2. The van der Waals surface area contributed by atoms with Crippen molar-refractivity contribution >= 4 is 38.5 Å². The summed E-state index contributed by atoms with van der Waals surface area (Å²) in [6.45, 7) is 1.89. The standard InChI is InChI=1S/C18H12O3/c1-10-14-8-7-12-4-2-3-11-5-6-13(17(14)16(11)12)9-15(10)21-18(19)20/h2-9H,1H3,(H,19,20). The SMILES string of the molecule is Cc1c(OC(=O)O)cc2ccc3cccc4ccc1c2c34. The van der Waals surface area contributed by atoms with Gasteiger partial charge in [-0.1, -0.05) is 42.5 Å². The van der Waals surface area contributed by atoms with Crippen LogP contribution in [0.4, 0.5) is 4.79 Å². The van der Waals surface area contributed by atoms with E-state index in [0.29, 0.717) is 5.75 Å². The van der Waals surface area contributed by atoms with E-state index in [1.807, 2.05) is 25.1 Å². The van der Waals surface area contributed by atoms with Crippen LogP contribution in [0.3, 0.4) is 0 Å². The van der Waals surface area contributed by atoms with Crippen molar-refractivity contribution in [2.24, 2.45) is 0 Å². The highest BCUT2D eigenvalue weighted by atomic mass is 16.7. The van der Waals surface area contributed by atoms with Gasteiger partial charge in [-0.15, -0.1) is 0 Å². The summed E-state index contributed by atoms with van der Waals surface area (Å²) in [6.07, 6.45) is -1.29. The molecule has 0 aliphatic rings. The number of carbonyl (C=O) groups is 1. The smallest absolute Gasteiger partial charge is 0.449 e. The third-order valence-electron chi connectivity index (χ3n) is 4.07. The average Bonchev–Trinajstić information content (AvgIpc) is 2.47. The van der Waals surface area contributed by atoms with Crippen molar-refractivity contribution in [1.29, 1.82) is 0 Å². The zero-order valence-electron chi connectivity index (χ0n) is 11.4. The quantitative estimate of drug-likeness (QED) is 0.304. The number of hydrogen-bond donors (Lipinski definition) is 1. The minimum absolute atomic E-state index is 0.397. The lowest BCUT2D eigenvalue weighted by molar-refractivity contribution is 0.144. The van der Waals surface area contributed by atoms with Crippen molar-refractivity contribution in [3.05, 3.63) is 54.1 Å². The van der Waals surface area contributed by atoms with E-state index < -0.39 is 6.16 Å². The summed E-state index contributed by atoms with van der Waals surface area (Å²) in [5, 5.41) is 15.7. The second-order valence-electron chi connectivity index (χ2n) is 5.22. The molecule has 0 bridgehead atoms. The van der Waals surface area contributed by atoms with E-state index >= 15 is 0 Å². The van der Waals surface area contributed by atoms with Crippen LogP contribution in [0.2, 0.25) is 0 Å². The molecule has 3 nitrogen and oxygen atoms in total. The Hall–Kier alpha value is -2.81. The van der Waals surface area contributed by atoms with Gasteiger partial charge < -0.3 is 9.84 Å². The lowest BCUT2D eigenvalue weighted by atomic mass is 9.92. The van der Waals surface area contributed by atoms with Gasteiger partial charge in [-0.25, -0.2) is 4.79 Å². The Morgan fingerprint density at radius 2 is 1.62 bits per heavy atom. The molecule has 3 heteroatoms. The number of benzene rings is 4. The largest absolute Gasteiger partial charge is 0.511 e. The number of rotatable bonds is 1. The molecule has 1 N–H and O–H groups in total. The second kappa shape index (κ2) is 4.09. The highest BCUT2D eigenvalue weighted by molar-refractivity contribution is 6.24. The molecule has 0 aromatic heterocycles. The summed E-state index contributed by atoms with van der Waals surface area (Å²) >= 11 is 0. The van der Waals surface area contributed by atoms with E-state index in [1.54, 1.807) is 6.07 Å². The van der Waals surface area contributed by atoms with Crippen molar-refractivity contribution in [1.82, 2.24) is 0 Å². The maximum Gasteiger partial charge on any atom is 0.511 e. The van der Waals surface area contributed by atoms with Crippen molar-refractivity contribution in [3.63, 3.8) is 0 Å². The first kappa shape index (κ1) is 12.0. The van der Waals surface area contributed by atoms with Crippen LogP contribution in [0.1, 0.15) is 5.56 Å². The molecule has 102 valence electrons. The highest BCUT2D eigenvalue weighted by Gasteiger charge is 2.14. The Morgan fingerprint density at radius 1 is 0.952 bits per heavy atom. The van der Waals surface area contributed by atoms with E-state index in [4.69, 9.17) is 9.84 Å². The lowest BCUT2D eigenvalue weighted by Crippen LogP contribution is -2.04. The zero-order valence-corrected chi connectivity index (χ0v) is 11.4. The van der Waals surface area contributed by atoms with Crippen LogP contribution in [0.25, 0.3) is 32.3 Å². The average molecular weight is 276 g/mol. The van der Waals surface area contributed by atoms with Gasteiger partial charge in [0, 0.05) is 0 Å². The summed E-state index contributed by atoms with van der Waals surface area (Å²) in [7, 11) is 0. The predicted molar refractivity (Wildman–Crippen MR) is 83.5 cm³/mol. The van der Waals surface area contributed by atoms with Gasteiger partial charge in [0.1, 0.15) is 5.75 Å². The molecule has 0 atom stereocenters. The molecule has 0 radical (unpaired) electrons. The number of hydrogen-bond acceptors (Lipinski definition) is 2. The monoisotopic (exact) mass is 276 g/mol. The third-order valence-corrected chi connectivity index (χ3v) is 4.07. The first-order valence-corrected chi connectivity index (χ1v) is 6.73. The Morgan fingerprint density at radius 3 is 2.33 bits per heavy atom. The van der Waals surface area contributed by atoms with Gasteiger partial charge in [0.05, 0.1) is 0 Å². The molecule has 0 amide bonds. The topological polar surface area (TPSA) is 46.5 Å². The summed E-state index contributed by atoms with van der Waals surface area (Å²) in [5.74, 6) is 0.397. The van der Waals surface area contributed by atoms with Crippen molar-refractivity contribution < 1.29 is 14.6 Å². The second-order valence-corrected chi connectivity index (χ2v) is 5.22. The van der Waals surface area contributed by atoms with Gasteiger partial charge in [0.2, 0.25) is 0 Å². The number of aryl methyl sites for hydroxylation is 1. The van der Waals surface area contributed by atoms with Gasteiger partial charge in [0.15, 0.2) is 0 Å². The molecular formula is C18H12O3. The van der Waals surface area contributed by atoms with Crippen LogP contribution >= 0.6 is 0 Å². The first-order valence-electron chi connectivity index (χ1n) is 6.73. The van der Waals surface area contributed by atoms with E-state index in [1.165, 1.54) is 21.5 Å². The fourth-order valence-corrected chi connectivity index (χ4v) is 3.12. The predicted octanol–water partition coefficient (Wildman–Crippen LogP) is 4.95. The molecular weight excluding hydrogens is 264 g/mol. The molecule has 4 rings (SSSR count). The van der Waals surface area contributed by atoms with E-state index in [9.17, 15) is 4.79 Å². The Bertz CT molecular complexity index is 986. The van der Waals surface area contributed by atoms with Gasteiger partial charge in [-0.2, -0.15) is 0 Å². The normalized spacial score (nSPS) is 11.5. The molecule has 0 aliphatic carbocycles. The molecule has 0 aliphatic heterocycles. The molecule has 0 unspecified atom stereocenters. The van der Waals surface area contributed by atoms with Crippen LogP contribution in [-0.2, 0) is 0 Å². The maximum absolute atomic E-state index is 10.8. The van der Waals surface area contributed by atoms with Gasteiger partial charge in [-0.05, 0) is 50.9 Å². The van der Waals surface area contributed by atoms with Gasteiger partial charge in [-0.3, -0.25) is 0 Å². The summed E-state index contributed by atoms with van der Waals surface area (Å²) in [5.41, 5.74) is 0.850. The van der Waals surface area contributed by atoms with E-state index in [2.05, 4.69) is 24.3 Å². The Labute approximate surface area is 120 Å². The van der Waals surface area contributed by atoms with E-state index in [0.717, 1.165) is 16.3 Å². The minimum Gasteiger partial charge on any atom is -0.449 e. The number of ether oxygens (including phenoxy) is 1. The van der Waals surface area contributed by atoms with Crippen LogP contribution in [0.5, 0.6) is 5.75 Å². The van der Waals surface area contributed by atoms with Crippen molar-refractivity contribution in [3.8, 4) is 5.75 Å². The summed E-state index contributed by atoms with van der Waals surface area (Å²) in [4.78, 5) is 10.8. The number of carboxylic acid groups (broad SMARTS) is 1. The van der Waals surface area contributed by atoms with Gasteiger partial charge in [0.25, 0.3) is 0 Å². The minimum atomic E-state index is -1.29. The van der Waals surface area contributed by atoms with Gasteiger partial charge >= 0.3 is 6.16 Å². The molecule has 0 saturated heterocycles. The molecule has 0 fully saturated rings. The van der Waals surface area contributed by atoms with Crippen LogP contribution in [0, 0.1) is 6.92 Å². The highest BCUT2D eigenvalue weighted by Crippen LogP contribution is 2.39. The van der Waals surface area contributed by atoms with Crippen LogP contribution < -0.4 is 4.74 Å². The fourth-order valence-electron chi connectivity index (χ4n) is 3.12. The Balaban J connectivity index is 2.21. The molecule has 4 aromatic rings. The zero-order chi connectivity index (χ0) is 14.6. The maximum atomic E-state index is 10.8. The fraction of sp³-hybridized carbons (Fsp3) is 0.0556. The molecule has 0 saturated carbocycles. The van der Waals surface area contributed by atoms with Crippen LogP contribution in [-0.4, -0.2) is 11.3 Å².